The summed E-state index contributed by atoms with van der Waals surface area (Å²) in [5.41, 5.74) is 2.61. The summed E-state index contributed by atoms with van der Waals surface area (Å²) in [6, 6.07) is 0. The molecule has 2 atom stereocenters. The van der Waals surface area contributed by atoms with Gasteiger partial charge in [-0.05, 0) is 57.8 Å². The van der Waals surface area contributed by atoms with Crippen LogP contribution in [0.1, 0.15) is 66.2 Å². The van der Waals surface area contributed by atoms with Gasteiger partial charge >= 0.3 is 0 Å². The molecule has 1 aliphatic rings. The van der Waals surface area contributed by atoms with Crippen molar-refractivity contribution in [3.8, 4) is 0 Å². The van der Waals surface area contributed by atoms with Crippen LogP contribution >= 0.6 is 0 Å². The van der Waals surface area contributed by atoms with Crippen LogP contribution in [-0.2, 0) is 0 Å². The third-order valence-electron chi connectivity index (χ3n) is 4.15. The van der Waals surface area contributed by atoms with Crippen LogP contribution in [0.15, 0.2) is 9.98 Å². The fourth-order valence-corrected chi connectivity index (χ4v) is 2.53. The molecule has 1 aliphatic carbocycles. The summed E-state index contributed by atoms with van der Waals surface area (Å²) in [4.78, 5) is 9.39. The van der Waals surface area contributed by atoms with Gasteiger partial charge in [0.1, 0.15) is 0 Å². The van der Waals surface area contributed by atoms with Crippen molar-refractivity contribution < 1.29 is 0 Å². The highest BCUT2D eigenvalue weighted by Crippen LogP contribution is 2.29. The molecule has 0 radical (unpaired) electrons. The zero-order chi connectivity index (χ0) is 13.4. The molecule has 2 unspecified atom stereocenters. The Hall–Kier alpha value is -0.660. The lowest BCUT2D eigenvalue weighted by Crippen LogP contribution is -2.20. The van der Waals surface area contributed by atoms with E-state index >= 15 is 0 Å². The highest BCUT2D eigenvalue weighted by atomic mass is 14.8. The van der Waals surface area contributed by atoms with E-state index in [1.807, 2.05) is 0 Å². The Bertz CT molecular complexity index is 263. The lowest BCUT2D eigenvalue weighted by molar-refractivity contribution is 0.278. The fourth-order valence-electron chi connectivity index (χ4n) is 2.53. The maximum atomic E-state index is 4.69. The molecule has 0 aromatic rings. The van der Waals surface area contributed by atoms with Crippen LogP contribution in [0.5, 0.6) is 0 Å². The van der Waals surface area contributed by atoms with Gasteiger partial charge in [0.25, 0.3) is 0 Å². The zero-order valence-electron chi connectivity index (χ0n) is 12.7. The van der Waals surface area contributed by atoms with Gasteiger partial charge in [-0.3, -0.25) is 9.98 Å². The standard InChI is InChI=1S/C16H30N2/c1-5-13(3)17-11-15-8-7-9-16(10-15)12-18-14(4)6-2/h15-16H,5-12H2,1-4H3/b17-13-,18-14-. The summed E-state index contributed by atoms with van der Waals surface area (Å²) in [5, 5.41) is 0. The Labute approximate surface area is 113 Å². The Kier molecular flexibility index (Phi) is 7.22. The van der Waals surface area contributed by atoms with Crippen molar-refractivity contribution in [2.24, 2.45) is 21.8 Å². The van der Waals surface area contributed by atoms with Crippen molar-refractivity contribution in [1.82, 2.24) is 0 Å². The van der Waals surface area contributed by atoms with Gasteiger partial charge in [-0.1, -0.05) is 20.3 Å². The first-order valence-electron chi connectivity index (χ1n) is 7.65. The molecule has 2 nitrogen and oxygen atoms in total. The number of nitrogens with zero attached hydrogens (tertiary/aromatic N) is 2. The minimum absolute atomic E-state index is 0.808. The maximum Gasteiger partial charge on any atom is 0.0416 e. The molecule has 1 saturated carbocycles. The molecule has 2 heteroatoms. The van der Waals surface area contributed by atoms with Gasteiger partial charge in [0.05, 0.1) is 0 Å². The van der Waals surface area contributed by atoms with Gasteiger partial charge < -0.3 is 0 Å². The fraction of sp³-hybridized carbons (Fsp3) is 0.875. The molecule has 0 aliphatic heterocycles. The maximum absolute atomic E-state index is 4.69. The molecule has 104 valence electrons. The largest absolute Gasteiger partial charge is 0.294 e. The molecule has 1 rings (SSSR count). The third kappa shape index (κ3) is 5.79. The van der Waals surface area contributed by atoms with Crippen molar-refractivity contribution in [3.05, 3.63) is 0 Å². The van der Waals surface area contributed by atoms with Gasteiger partial charge in [-0.15, -0.1) is 0 Å². The molecule has 0 aromatic carbocycles. The first-order valence-corrected chi connectivity index (χ1v) is 7.65. The third-order valence-corrected chi connectivity index (χ3v) is 4.15. The van der Waals surface area contributed by atoms with Crippen LogP contribution in [0.25, 0.3) is 0 Å². The van der Waals surface area contributed by atoms with E-state index in [1.165, 1.54) is 37.1 Å². The average Bonchev–Trinajstić information content (AvgIpc) is 2.42. The highest BCUT2D eigenvalue weighted by molar-refractivity contribution is 5.81. The molecular formula is C16H30N2. The highest BCUT2D eigenvalue weighted by Gasteiger charge is 2.21. The molecule has 0 saturated heterocycles. The van der Waals surface area contributed by atoms with E-state index in [-0.39, 0.29) is 0 Å². The Morgan fingerprint density at radius 2 is 1.33 bits per heavy atom. The van der Waals surface area contributed by atoms with Crippen molar-refractivity contribution in [2.45, 2.75) is 66.2 Å². The Morgan fingerprint density at radius 3 is 1.72 bits per heavy atom. The molecule has 0 N–H and O–H groups in total. The molecule has 0 amide bonds. The minimum atomic E-state index is 0.808. The molecule has 0 spiro atoms. The van der Waals surface area contributed by atoms with Gasteiger partial charge in [0, 0.05) is 24.5 Å². The second-order valence-corrected chi connectivity index (χ2v) is 5.76. The van der Waals surface area contributed by atoms with Crippen LogP contribution in [-0.4, -0.2) is 24.5 Å². The van der Waals surface area contributed by atoms with Crippen molar-refractivity contribution >= 4 is 11.4 Å². The predicted octanol–water partition coefficient (Wildman–Crippen LogP) is 4.53. The van der Waals surface area contributed by atoms with Crippen LogP contribution in [0, 0.1) is 11.8 Å². The number of aliphatic imine (C=N–C) groups is 2. The summed E-state index contributed by atoms with van der Waals surface area (Å²) >= 11 is 0. The van der Waals surface area contributed by atoms with E-state index in [0.717, 1.165) is 37.8 Å². The van der Waals surface area contributed by atoms with Crippen LogP contribution < -0.4 is 0 Å². The van der Waals surface area contributed by atoms with Crippen LogP contribution in [0.4, 0.5) is 0 Å². The zero-order valence-corrected chi connectivity index (χ0v) is 12.7. The SMILES string of the molecule is CC/C(C)=N\CC1CCCC(C/N=C(/C)CC)C1. The Morgan fingerprint density at radius 1 is 0.889 bits per heavy atom. The summed E-state index contributed by atoms with van der Waals surface area (Å²) in [6.45, 7) is 10.8. The Balaban J connectivity index is 2.36. The molecule has 0 heterocycles. The smallest absolute Gasteiger partial charge is 0.0416 e. The molecule has 0 aromatic heterocycles. The van der Waals surface area contributed by atoms with Crippen molar-refractivity contribution in [3.63, 3.8) is 0 Å². The lowest BCUT2D eigenvalue weighted by atomic mass is 9.81. The van der Waals surface area contributed by atoms with E-state index in [1.54, 1.807) is 0 Å². The monoisotopic (exact) mass is 250 g/mol. The second-order valence-electron chi connectivity index (χ2n) is 5.76. The predicted molar refractivity (Wildman–Crippen MR) is 82.0 cm³/mol. The van der Waals surface area contributed by atoms with Crippen LogP contribution in [0.3, 0.4) is 0 Å². The van der Waals surface area contributed by atoms with Gasteiger partial charge in [-0.2, -0.15) is 0 Å². The first kappa shape index (κ1) is 15.4. The van der Waals surface area contributed by atoms with Gasteiger partial charge in [0.2, 0.25) is 0 Å². The molecular weight excluding hydrogens is 220 g/mol. The quantitative estimate of drug-likeness (QED) is 0.619. The van der Waals surface area contributed by atoms with Gasteiger partial charge in [0.15, 0.2) is 0 Å². The summed E-state index contributed by atoms with van der Waals surface area (Å²) < 4.78 is 0. The number of hydrogen-bond acceptors (Lipinski definition) is 2. The lowest BCUT2D eigenvalue weighted by Gasteiger charge is -2.27. The first-order chi connectivity index (χ1) is 8.65. The molecule has 18 heavy (non-hydrogen) atoms. The van der Waals surface area contributed by atoms with E-state index in [2.05, 4.69) is 27.7 Å². The van der Waals surface area contributed by atoms with E-state index in [0.29, 0.717) is 0 Å². The van der Waals surface area contributed by atoms with Crippen molar-refractivity contribution in [2.75, 3.05) is 13.1 Å². The minimum Gasteiger partial charge on any atom is -0.294 e. The number of hydrogen-bond donors (Lipinski definition) is 0. The summed E-state index contributed by atoms with van der Waals surface area (Å²) in [6.07, 6.45) is 7.63. The van der Waals surface area contributed by atoms with E-state index in [9.17, 15) is 0 Å². The van der Waals surface area contributed by atoms with E-state index in [4.69, 9.17) is 9.98 Å². The molecule has 0 bridgehead atoms. The average molecular weight is 250 g/mol. The second kappa shape index (κ2) is 8.44. The summed E-state index contributed by atoms with van der Waals surface area (Å²) in [7, 11) is 0. The van der Waals surface area contributed by atoms with Crippen LogP contribution in [0.2, 0.25) is 0 Å². The van der Waals surface area contributed by atoms with E-state index < -0.39 is 0 Å². The topological polar surface area (TPSA) is 24.7 Å². The normalized spacial score (nSPS) is 26.4. The summed E-state index contributed by atoms with van der Waals surface area (Å²) in [5.74, 6) is 1.62. The number of rotatable bonds is 6. The molecule has 1 fully saturated rings. The van der Waals surface area contributed by atoms with Gasteiger partial charge in [-0.25, -0.2) is 0 Å². The van der Waals surface area contributed by atoms with Crippen molar-refractivity contribution in [1.29, 1.82) is 0 Å².